The smallest absolute Gasteiger partial charge is 0.0694 e. The second-order valence-corrected chi connectivity index (χ2v) is 12.8. The van der Waals surface area contributed by atoms with E-state index in [-0.39, 0.29) is 16.8 Å². The van der Waals surface area contributed by atoms with Gasteiger partial charge < -0.3 is 5.11 Å². The van der Waals surface area contributed by atoms with E-state index in [1.165, 1.54) is 56.9 Å². The highest BCUT2D eigenvalue weighted by Crippen LogP contribution is 2.67. The molecule has 0 heterocycles. The first-order valence-corrected chi connectivity index (χ1v) is 13.3. The molecule has 1 unspecified atom stereocenters. The van der Waals surface area contributed by atoms with Gasteiger partial charge in [0.15, 0.2) is 0 Å². The molecule has 0 saturated heterocycles. The highest BCUT2D eigenvalue weighted by atomic mass is 32.1. The predicted molar refractivity (Wildman–Crippen MR) is 127 cm³/mol. The Labute approximate surface area is 185 Å². The molecule has 4 aliphatic rings. The van der Waals surface area contributed by atoms with E-state index in [9.17, 15) is 5.11 Å². The van der Waals surface area contributed by atoms with Crippen LogP contribution in [0, 0.1) is 46.3 Å². The number of rotatable bonds is 5. The molecule has 9 atom stereocenters. The highest BCUT2D eigenvalue weighted by molar-refractivity contribution is 7.81. The molecular weight excluding hydrogens is 372 g/mol. The molecule has 166 valence electrons. The molecule has 2 heteroatoms. The van der Waals surface area contributed by atoms with E-state index in [1.807, 2.05) is 0 Å². The Balaban J connectivity index is 1.51. The zero-order valence-corrected chi connectivity index (χ0v) is 20.6. The zero-order chi connectivity index (χ0) is 21.0. The standard InChI is InChI=1S/C27H46OS/c1-17(2)7-6-8-18(3)20-11-12-21-19-9-10-23-25(29)24(28)14-16-27(23,5)22(19)13-15-26(20,21)4/h10,17-22,24-25,28-29H,6-9,11-16H2,1-5H3/t18-,19+,20-,21+,22+,24+,25?,26-,27-/m1/s1. The van der Waals surface area contributed by atoms with Crippen LogP contribution in [0.5, 0.6) is 0 Å². The van der Waals surface area contributed by atoms with Crippen molar-refractivity contribution in [3.05, 3.63) is 11.6 Å². The monoisotopic (exact) mass is 418 g/mol. The van der Waals surface area contributed by atoms with Crippen molar-refractivity contribution in [2.75, 3.05) is 0 Å². The number of thiol groups is 1. The fourth-order valence-electron chi connectivity index (χ4n) is 8.74. The maximum Gasteiger partial charge on any atom is 0.0694 e. The van der Waals surface area contributed by atoms with Crippen molar-refractivity contribution in [1.82, 2.24) is 0 Å². The summed E-state index contributed by atoms with van der Waals surface area (Å²) in [5.74, 6) is 5.27. The first kappa shape index (κ1) is 22.3. The fourth-order valence-corrected chi connectivity index (χ4v) is 9.29. The normalized spacial score (nSPS) is 47.9. The third-order valence-electron chi connectivity index (χ3n) is 10.4. The van der Waals surface area contributed by atoms with Gasteiger partial charge in [0.1, 0.15) is 0 Å². The third kappa shape index (κ3) is 3.67. The van der Waals surface area contributed by atoms with E-state index < -0.39 is 0 Å². The molecule has 0 amide bonds. The molecule has 0 radical (unpaired) electrons. The minimum atomic E-state index is -0.245. The Morgan fingerprint density at radius 2 is 1.79 bits per heavy atom. The minimum Gasteiger partial charge on any atom is -0.392 e. The van der Waals surface area contributed by atoms with Gasteiger partial charge in [-0.2, -0.15) is 12.6 Å². The largest absolute Gasteiger partial charge is 0.392 e. The molecular formula is C27H46OS. The summed E-state index contributed by atoms with van der Waals surface area (Å²) < 4.78 is 0. The van der Waals surface area contributed by atoms with Gasteiger partial charge in [0.2, 0.25) is 0 Å². The van der Waals surface area contributed by atoms with E-state index in [2.05, 4.69) is 40.7 Å². The summed E-state index contributed by atoms with van der Waals surface area (Å²) in [7, 11) is 0. The summed E-state index contributed by atoms with van der Waals surface area (Å²) in [5.41, 5.74) is 2.34. The Hall–Kier alpha value is 0.0500. The topological polar surface area (TPSA) is 20.2 Å². The van der Waals surface area contributed by atoms with Crippen LogP contribution in [0.15, 0.2) is 11.6 Å². The van der Waals surface area contributed by atoms with Gasteiger partial charge in [-0.3, -0.25) is 0 Å². The summed E-state index contributed by atoms with van der Waals surface area (Å²) >= 11 is 4.85. The maximum atomic E-state index is 10.4. The average Bonchev–Trinajstić information content (AvgIpc) is 3.02. The second-order valence-electron chi connectivity index (χ2n) is 12.3. The molecule has 0 spiro atoms. The molecule has 3 saturated carbocycles. The first-order chi connectivity index (χ1) is 13.7. The van der Waals surface area contributed by atoms with Gasteiger partial charge in [-0.1, -0.05) is 65.5 Å². The lowest BCUT2D eigenvalue weighted by atomic mass is 9.47. The Morgan fingerprint density at radius 1 is 1.03 bits per heavy atom. The van der Waals surface area contributed by atoms with Crippen LogP contribution >= 0.6 is 12.6 Å². The van der Waals surface area contributed by atoms with Crippen molar-refractivity contribution >= 4 is 12.6 Å². The van der Waals surface area contributed by atoms with Crippen LogP contribution in [0.2, 0.25) is 0 Å². The molecule has 0 aromatic heterocycles. The first-order valence-electron chi connectivity index (χ1n) is 12.7. The molecule has 4 aliphatic carbocycles. The van der Waals surface area contributed by atoms with Crippen molar-refractivity contribution in [3.8, 4) is 0 Å². The minimum absolute atomic E-state index is 0.0697. The summed E-state index contributed by atoms with van der Waals surface area (Å²) in [4.78, 5) is 0. The Bertz CT molecular complexity index is 626. The van der Waals surface area contributed by atoms with Gasteiger partial charge in [0.25, 0.3) is 0 Å². The molecule has 0 bridgehead atoms. The number of aliphatic hydroxyl groups is 1. The third-order valence-corrected chi connectivity index (χ3v) is 11.0. The van der Waals surface area contributed by atoms with Gasteiger partial charge in [-0.25, -0.2) is 0 Å². The number of allylic oxidation sites excluding steroid dienone is 1. The van der Waals surface area contributed by atoms with Crippen molar-refractivity contribution in [2.45, 2.75) is 110 Å². The van der Waals surface area contributed by atoms with Crippen molar-refractivity contribution in [1.29, 1.82) is 0 Å². The lowest BCUT2D eigenvalue weighted by Crippen LogP contribution is -2.53. The van der Waals surface area contributed by atoms with Crippen LogP contribution in [0.4, 0.5) is 0 Å². The summed E-state index contributed by atoms with van der Waals surface area (Å²) in [5, 5.41) is 10.5. The molecule has 29 heavy (non-hydrogen) atoms. The van der Waals surface area contributed by atoms with Crippen LogP contribution in [-0.4, -0.2) is 16.5 Å². The summed E-state index contributed by atoms with van der Waals surface area (Å²) in [6.07, 6.45) is 15.6. The number of hydrogen-bond acceptors (Lipinski definition) is 2. The van der Waals surface area contributed by atoms with Gasteiger partial charge in [0, 0.05) is 5.25 Å². The Morgan fingerprint density at radius 3 is 2.52 bits per heavy atom. The van der Waals surface area contributed by atoms with E-state index >= 15 is 0 Å². The van der Waals surface area contributed by atoms with Gasteiger partial charge in [0.05, 0.1) is 6.10 Å². The van der Waals surface area contributed by atoms with Crippen molar-refractivity contribution in [3.63, 3.8) is 0 Å². The van der Waals surface area contributed by atoms with Crippen molar-refractivity contribution < 1.29 is 5.11 Å². The van der Waals surface area contributed by atoms with Crippen LogP contribution in [0.25, 0.3) is 0 Å². The van der Waals surface area contributed by atoms with E-state index in [1.54, 1.807) is 0 Å². The molecule has 1 N–H and O–H groups in total. The van der Waals surface area contributed by atoms with Crippen molar-refractivity contribution in [2.24, 2.45) is 46.3 Å². The van der Waals surface area contributed by atoms with Crippen LogP contribution in [-0.2, 0) is 0 Å². The van der Waals surface area contributed by atoms with Crippen LogP contribution in [0.3, 0.4) is 0 Å². The average molecular weight is 419 g/mol. The summed E-state index contributed by atoms with van der Waals surface area (Å²) in [6.45, 7) is 12.5. The summed E-state index contributed by atoms with van der Waals surface area (Å²) in [6, 6.07) is 0. The zero-order valence-electron chi connectivity index (χ0n) is 19.7. The number of hydrogen-bond donors (Lipinski definition) is 2. The van der Waals surface area contributed by atoms with Gasteiger partial charge in [-0.05, 0) is 91.3 Å². The fraction of sp³-hybridized carbons (Fsp3) is 0.926. The maximum absolute atomic E-state index is 10.4. The quantitative estimate of drug-likeness (QED) is 0.354. The highest BCUT2D eigenvalue weighted by Gasteiger charge is 2.59. The van der Waals surface area contributed by atoms with Gasteiger partial charge in [-0.15, -0.1) is 0 Å². The lowest BCUT2D eigenvalue weighted by Gasteiger charge is -2.59. The van der Waals surface area contributed by atoms with Crippen LogP contribution in [0.1, 0.15) is 98.8 Å². The molecule has 0 aromatic carbocycles. The van der Waals surface area contributed by atoms with Crippen LogP contribution < -0.4 is 0 Å². The van der Waals surface area contributed by atoms with E-state index in [4.69, 9.17) is 12.6 Å². The van der Waals surface area contributed by atoms with Gasteiger partial charge >= 0.3 is 0 Å². The lowest BCUT2D eigenvalue weighted by molar-refractivity contribution is -0.0563. The second kappa shape index (κ2) is 8.19. The predicted octanol–water partition coefficient (Wildman–Crippen LogP) is 7.30. The molecule has 4 rings (SSSR count). The molecule has 0 aromatic rings. The SMILES string of the molecule is CC(C)CCC[C@@H](C)[C@H]1CC[C@H]2[C@@H]3CC=C4C(S)[C@@H](O)CC[C@]4(C)[C@H]3CC[C@]12C. The molecule has 0 aliphatic heterocycles. The Kier molecular flexibility index (Phi) is 6.29. The van der Waals surface area contributed by atoms with E-state index in [0.717, 1.165) is 48.3 Å². The number of fused-ring (bicyclic) bond motifs is 5. The number of aliphatic hydroxyl groups excluding tert-OH is 1. The molecule has 3 fully saturated rings. The molecule has 1 nitrogen and oxygen atoms in total. The van der Waals surface area contributed by atoms with E-state index in [0.29, 0.717) is 5.41 Å².